The second-order valence-electron chi connectivity index (χ2n) is 6.54. The number of benzene rings is 2. The fourth-order valence-corrected chi connectivity index (χ4v) is 3.55. The quantitative estimate of drug-likeness (QED) is 0.629. The number of hydrogen-bond acceptors (Lipinski definition) is 7. The highest BCUT2D eigenvalue weighted by Crippen LogP contribution is 2.42. The number of ether oxygens (including phenoxy) is 3. The Balaban J connectivity index is 1.98. The molecule has 1 aliphatic heterocycles. The molecule has 1 atom stereocenters. The third-order valence-corrected chi connectivity index (χ3v) is 4.89. The molecular formula is C22H22N4O4. The van der Waals surface area contributed by atoms with Crippen LogP contribution in [0, 0.1) is 0 Å². The summed E-state index contributed by atoms with van der Waals surface area (Å²) in [7, 11) is 3.17. The largest absolute Gasteiger partial charge is 0.497 e. The molecule has 30 heavy (non-hydrogen) atoms. The van der Waals surface area contributed by atoms with Crippen molar-refractivity contribution < 1.29 is 19.0 Å². The highest BCUT2D eigenvalue weighted by Gasteiger charge is 2.37. The highest BCUT2D eigenvalue weighted by molar-refractivity contribution is 6.02. The number of esters is 1. The molecule has 3 aromatic rings. The number of anilines is 1. The van der Waals surface area contributed by atoms with E-state index in [0.29, 0.717) is 28.7 Å². The van der Waals surface area contributed by atoms with Gasteiger partial charge in [-0.3, -0.25) is 0 Å². The summed E-state index contributed by atoms with van der Waals surface area (Å²) in [5.74, 6) is 1.29. The molecule has 0 aliphatic carbocycles. The molecule has 0 fully saturated rings. The van der Waals surface area contributed by atoms with Gasteiger partial charge in [0.15, 0.2) is 0 Å². The number of carbonyl (C=O) groups excluding carboxylic acids is 1. The number of nitrogens with one attached hydrogen (secondary N) is 1. The molecule has 1 N–H and O–H groups in total. The zero-order chi connectivity index (χ0) is 21.1. The minimum absolute atomic E-state index is 0.251. The molecule has 0 saturated heterocycles. The first-order chi connectivity index (χ1) is 14.7. The van der Waals surface area contributed by atoms with Crippen LogP contribution in [0.3, 0.4) is 0 Å². The van der Waals surface area contributed by atoms with Crippen LogP contribution in [0.5, 0.6) is 11.5 Å². The van der Waals surface area contributed by atoms with Crippen molar-refractivity contribution in [3.05, 3.63) is 71.6 Å². The maximum atomic E-state index is 13.2. The van der Waals surface area contributed by atoms with E-state index in [2.05, 4.69) is 15.4 Å². The van der Waals surface area contributed by atoms with Crippen molar-refractivity contribution in [1.29, 1.82) is 0 Å². The van der Waals surface area contributed by atoms with Crippen LogP contribution in [0.2, 0.25) is 0 Å². The summed E-state index contributed by atoms with van der Waals surface area (Å²) < 4.78 is 18.0. The molecule has 1 unspecified atom stereocenters. The van der Waals surface area contributed by atoms with Crippen molar-refractivity contribution in [2.45, 2.75) is 13.0 Å². The summed E-state index contributed by atoms with van der Waals surface area (Å²) in [5, 5.41) is 7.61. The number of fused-ring (bicyclic) bond motifs is 1. The topological polar surface area (TPSA) is 87.5 Å². The van der Waals surface area contributed by atoms with Crippen LogP contribution in [0.1, 0.15) is 24.1 Å². The van der Waals surface area contributed by atoms with Gasteiger partial charge in [-0.15, -0.1) is 0 Å². The summed E-state index contributed by atoms with van der Waals surface area (Å²) in [6.07, 6.45) is 1.45. The Labute approximate surface area is 174 Å². The maximum Gasteiger partial charge on any atom is 0.338 e. The predicted molar refractivity (Wildman–Crippen MR) is 111 cm³/mol. The van der Waals surface area contributed by atoms with E-state index in [1.165, 1.54) is 6.33 Å². The van der Waals surface area contributed by atoms with Gasteiger partial charge in [0.2, 0.25) is 5.95 Å². The summed E-state index contributed by atoms with van der Waals surface area (Å²) in [6, 6.07) is 14.5. The van der Waals surface area contributed by atoms with Gasteiger partial charge in [-0.2, -0.15) is 10.1 Å². The zero-order valence-corrected chi connectivity index (χ0v) is 17.0. The van der Waals surface area contributed by atoms with Crippen LogP contribution in [0.25, 0.3) is 5.70 Å². The first-order valence-corrected chi connectivity index (χ1v) is 9.53. The molecule has 0 amide bonds. The minimum atomic E-state index is -0.598. The van der Waals surface area contributed by atoms with Crippen LogP contribution in [-0.2, 0) is 9.53 Å². The summed E-state index contributed by atoms with van der Waals surface area (Å²) in [6.45, 7) is 2.03. The summed E-state index contributed by atoms with van der Waals surface area (Å²) in [5.41, 5.74) is 2.62. The summed E-state index contributed by atoms with van der Waals surface area (Å²) in [4.78, 5) is 17.5. The van der Waals surface area contributed by atoms with Crippen molar-refractivity contribution in [1.82, 2.24) is 14.8 Å². The van der Waals surface area contributed by atoms with Crippen molar-refractivity contribution in [3.8, 4) is 11.5 Å². The Hall–Kier alpha value is -3.81. The molecule has 0 saturated carbocycles. The van der Waals surface area contributed by atoms with E-state index in [1.807, 2.05) is 42.5 Å². The fraction of sp³-hybridized carbons (Fsp3) is 0.227. The molecule has 0 radical (unpaired) electrons. The molecule has 2 heterocycles. The van der Waals surface area contributed by atoms with Crippen LogP contribution in [0.15, 0.2) is 60.4 Å². The lowest BCUT2D eigenvalue weighted by atomic mass is 9.92. The van der Waals surface area contributed by atoms with E-state index in [0.717, 1.165) is 11.1 Å². The van der Waals surface area contributed by atoms with Gasteiger partial charge in [0.25, 0.3) is 0 Å². The Morgan fingerprint density at radius 3 is 2.63 bits per heavy atom. The van der Waals surface area contributed by atoms with E-state index in [-0.39, 0.29) is 6.61 Å². The predicted octanol–water partition coefficient (Wildman–Crippen LogP) is 3.28. The molecule has 0 bridgehead atoms. The lowest BCUT2D eigenvalue weighted by Crippen LogP contribution is -2.30. The normalized spacial score (nSPS) is 15.2. The van der Waals surface area contributed by atoms with E-state index in [4.69, 9.17) is 14.2 Å². The van der Waals surface area contributed by atoms with E-state index in [1.54, 1.807) is 31.9 Å². The lowest BCUT2D eigenvalue weighted by Gasteiger charge is -2.30. The minimum Gasteiger partial charge on any atom is -0.497 e. The molecular weight excluding hydrogens is 384 g/mol. The smallest absolute Gasteiger partial charge is 0.338 e. The Morgan fingerprint density at radius 2 is 1.93 bits per heavy atom. The van der Waals surface area contributed by atoms with Crippen LogP contribution >= 0.6 is 0 Å². The first kappa shape index (κ1) is 19.5. The van der Waals surface area contributed by atoms with E-state index in [9.17, 15) is 4.79 Å². The third-order valence-electron chi connectivity index (χ3n) is 4.89. The van der Waals surface area contributed by atoms with Gasteiger partial charge in [-0.25, -0.2) is 9.48 Å². The van der Waals surface area contributed by atoms with Crippen molar-refractivity contribution in [3.63, 3.8) is 0 Å². The first-order valence-electron chi connectivity index (χ1n) is 9.53. The molecule has 4 rings (SSSR count). The van der Waals surface area contributed by atoms with Crippen LogP contribution < -0.4 is 14.8 Å². The Morgan fingerprint density at radius 1 is 1.13 bits per heavy atom. The highest BCUT2D eigenvalue weighted by atomic mass is 16.5. The van der Waals surface area contributed by atoms with Gasteiger partial charge in [-0.1, -0.05) is 30.3 Å². The number of carbonyl (C=O) groups is 1. The van der Waals surface area contributed by atoms with Crippen LogP contribution in [-0.4, -0.2) is 41.6 Å². The van der Waals surface area contributed by atoms with Gasteiger partial charge in [0.05, 0.1) is 32.1 Å². The molecule has 1 aliphatic rings. The van der Waals surface area contributed by atoms with Crippen molar-refractivity contribution in [2.75, 3.05) is 26.1 Å². The maximum absolute atomic E-state index is 13.2. The Kier molecular flexibility index (Phi) is 5.38. The monoisotopic (exact) mass is 406 g/mol. The number of methoxy groups -OCH3 is 2. The third kappa shape index (κ3) is 3.36. The molecule has 2 aromatic carbocycles. The standard InChI is InChI=1S/C22H22N4O4/c1-4-30-21(27)18-19(14-8-6-5-7-9-14)25-22-23-13-24-26(22)20(18)16-11-10-15(28-2)12-17(16)29-3/h5-13,20H,4H2,1-3H3,(H,23,24,25). The number of hydrogen-bond donors (Lipinski definition) is 1. The van der Waals surface area contributed by atoms with Gasteiger partial charge in [-0.05, 0) is 24.6 Å². The van der Waals surface area contributed by atoms with Crippen molar-refractivity contribution in [2.24, 2.45) is 0 Å². The average Bonchev–Trinajstić information content (AvgIpc) is 3.26. The molecule has 154 valence electrons. The van der Waals surface area contributed by atoms with Gasteiger partial charge in [0, 0.05) is 11.6 Å². The zero-order valence-electron chi connectivity index (χ0n) is 17.0. The van der Waals surface area contributed by atoms with Crippen molar-refractivity contribution >= 4 is 17.6 Å². The Bertz CT molecular complexity index is 1090. The summed E-state index contributed by atoms with van der Waals surface area (Å²) >= 11 is 0. The fourth-order valence-electron chi connectivity index (χ4n) is 3.55. The van der Waals surface area contributed by atoms with Gasteiger partial charge < -0.3 is 19.5 Å². The molecule has 1 aromatic heterocycles. The number of rotatable bonds is 6. The second kappa shape index (κ2) is 8.28. The van der Waals surface area contributed by atoms with Gasteiger partial charge >= 0.3 is 5.97 Å². The number of aromatic nitrogens is 3. The molecule has 8 heteroatoms. The second-order valence-corrected chi connectivity index (χ2v) is 6.54. The molecule has 0 spiro atoms. The van der Waals surface area contributed by atoms with E-state index >= 15 is 0 Å². The lowest BCUT2D eigenvalue weighted by molar-refractivity contribution is -0.138. The molecule has 8 nitrogen and oxygen atoms in total. The SMILES string of the molecule is CCOC(=O)C1=C(c2ccccc2)Nc2ncnn2C1c1ccc(OC)cc1OC. The van der Waals surface area contributed by atoms with Gasteiger partial charge in [0.1, 0.15) is 23.9 Å². The van der Waals surface area contributed by atoms with Crippen LogP contribution in [0.4, 0.5) is 5.95 Å². The number of nitrogens with zero attached hydrogens (tertiary/aromatic N) is 3. The van der Waals surface area contributed by atoms with E-state index < -0.39 is 12.0 Å². The average molecular weight is 406 g/mol.